The standard InChI is InChI=1S/C19H18FN3O2/c1-12(13-6-5-7-14(10-13)25-2)22-19(24)16-11-21-23-18(16)15-8-3-4-9-17(15)20/h3-12H,1-2H3,(H,21,23)(H,22,24). The summed E-state index contributed by atoms with van der Waals surface area (Å²) in [7, 11) is 1.59. The molecule has 2 N–H and O–H groups in total. The quantitative estimate of drug-likeness (QED) is 0.744. The first kappa shape index (κ1) is 16.7. The van der Waals surface area contributed by atoms with Crippen LogP contribution in [0.3, 0.4) is 0 Å². The lowest BCUT2D eigenvalue weighted by atomic mass is 10.1. The zero-order chi connectivity index (χ0) is 17.8. The fraction of sp³-hybridized carbons (Fsp3) is 0.158. The van der Waals surface area contributed by atoms with Crippen molar-refractivity contribution in [2.24, 2.45) is 0 Å². The van der Waals surface area contributed by atoms with Gasteiger partial charge >= 0.3 is 0 Å². The van der Waals surface area contributed by atoms with Gasteiger partial charge in [0.2, 0.25) is 0 Å². The number of methoxy groups -OCH3 is 1. The first-order valence-corrected chi connectivity index (χ1v) is 7.83. The minimum Gasteiger partial charge on any atom is -0.497 e. The molecule has 0 radical (unpaired) electrons. The number of benzene rings is 2. The van der Waals surface area contributed by atoms with Crippen molar-refractivity contribution >= 4 is 5.91 Å². The van der Waals surface area contributed by atoms with Gasteiger partial charge in [-0.3, -0.25) is 9.89 Å². The van der Waals surface area contributed by atoms with Gasteiger partial charge in [-0.2, -0.15) is 5.10 Å². The van der Waals surface area contributed by atoms with Crippen molar-refractivity contribution in [2.45, 2.75) is 13.0 Å². The molecule has 25 heavy (non-hydrogen) atoms. The van der Waals surface area contributed by atoms with Crippen LogP contribution in [0.25, 0.3) is 11.3 Å². The Morgan fingerprint density at radius 1 is 1.24 bits per heavy atom. The molecule has 1 atom stereocenters. The van der Waals surface area contributed by atoms with Crippen LogP contribution in [0.4, 0.5) is 4.39 Å². The van der Waals surface area contributed by atoms with Crippen molar-refractivity contribution in [3.05, 3.63) is 71.7 Å². The number of hydrogen-bond donors (Lipinski definition) is 2. The monoisotopic (exact) mass is 339 g/mol. The fourth-order valence-corrected chi connectivity index (χ4v) is 2.60. The summed E-state index contributed by atoms with van der Waals surface area (Å²) in [4.78, 5) is 12.6. The van der Waals surface area contributed by atoms with Gasteiger partial charge < -0.3 is 10.1 Å². The third-order valence-corrected chi connectivity index (χ3v) is 3.97. The second-order valence-electron chi connectivity index (χ2n) is 5.61. The molecule has 0 aliphatic carbocycles. The van der Waals surface area contributed by atoms with E-state index >= 15 is 0 Å². The predicted molar refractivity (Wildman–Crippen MR) is 92.9 cm³/mol. The van der Waals surface area contributed by atoms with Crippen LogP contribution in [0.15, 0.2) is 54.7 Å². The van der Waals surface area contributed by atoms with E-state index < -0.39 is 5.82 Å². The van der Waals surface area contributed by atoms with Crippen molar-refractivity contribution in [3.63, 3.8) is 0 Å². The van der Waals surface area contributed by atoms with E-state index in [1.165, 1.54) is 12.3 Å². The van der Waals surface area contributed by atoms with Crippen molar-refractivity contribution in [2.75, 3.05) is 7.11 Å². The van der Waals surface area contributed by atoms with E-state index in [4.69, 9.17) is 4.74 Å². The largest absolute Gasteiger partial charge is 0.497 e. The molecular weight excluding hydrogens is 321 g/mol. The summed E-state index contributed by atoms with van der Waals surface area (Å²) in [6.07, 6.45) is 1.40. The van der Waals surface area contributed by atoms with Crippen molar-refractivity contribution in [1.82, 2.24) is 15.5 Å². The van der Waals surface area contributed by atoms with Crippen LogP contribution in [0.5, 0.6) is 5.75 Å². The Hall–Kier alpha value is -3.15. The number of aromatic amines is 1. The van der Waals surface area contributed by atoms with E-state index in [1.54, 1.807) is 25.3 Å². The van der Waals surface area contributed by atoms with Crippen molar-refractivity contribution < 1.29 is 13.9 Å². The second kappa shape index (κ2) is 7.17. The minimum atomic E-state index is -0.415. The number of hydrogen-bond acceptors (Lipinski definition) is 3. The Morgan fingerprint density at radius 2 is 2.04 bits per heavy atom. The molecule has 3 rings (SSSR count). The molecule has 1 unspecified atom stereocenters. The number of ether oxygens (including phenoxy) is 1. The van der Waals surface area contributed by atoms with Gasteiger partial charge in [-0.1, -0.05) is 24.3 Å². The Kier molecular flexibility index (Phi) is 4.79. The summed E-state index contributed by atoms with van der Waals surface area (Å²) in [6, 6.07) is 13.5. The number of carbonyl (C=O) groups excluding carboxylic acids is 1. The highest BCUT2D eigenvalue weighted by Gasteiger charge is 2.19. The number of H-pyrrole nitrogens is 1. The summed E-state index contributed by atoms with van der Waals surface area (Å²) >= 11 is 0. The average Bonchev–Trinajstić information content (AvgIpc) is 3.11. The van der Waals surface area contributed by atoms with Gasteiger partial charge in [-0.25, -0.2) is 4.39 Å². The number of amides is 1. The summed E-state index contributed by atoms with van der Waals surface area (Å²) in [6.45, 7) is 1.87. The van der Waals surface area contributed by atoms with E-state index in [2.05, 4.69) is 15.5 Å². The minimum absolute atomic E-state index is 0.244. The predicted octanol–water partition coefficient (Wildman–Crippen LogP) is 3.72. The average molecular weight is 339 g/mol. The lowest BCUT2D eigenvalue weighted by Gasteiger charge is -2.15. The molecule has 0 aliphatic heterocycles. The second-order valence-corrected chi connectivity index (χ2v) is 5.61. The Morgan fingerprint density at radius 3 is 2.80 bits per heavy atom. The first-order chi connectivity index (χ1) is 12.1. The van der Waals surface area contributed by atoms with Crippen LogP contribution in [0.1, 0.15) is 28.9 Å². The summed E-state index contributed by atoms with van der Waals surface area (Å²) < 4.78 is 19.2. The van der Waals surface area contributed by atoms with Crippen molar-refractivity contribution in [1.29, 1.82) is 0 Å². The van der Waals surface area contributed by atoms with Gasteiger partial charge in [0.25, 0.3) is 5.91 Å². The third-order valence-electron chi connectivity index (χ3n) is 3.97. The topological polar surface area (TPSA) is 67.0 Å². The van der Waals surface area contributed by atoms with E-state index in [0.717, 1.165) is 5.56 Å². The third kappa shape index (κ3) is 3.52. The van der Waals surface area contributed by atoms with Crippen LogP contribution in [0, 0.1) is 5.82 Å². The molecule has 0 bridgehead atoms. The van der Waals surface area contributed by atoms with Gasteiger partial charge in [0, 0.05) is 5.56 Å². The summed E-state index contributed by atoms with van der Waals surface area (Å²) in [5, 5.41) is 9.50. The van der Waals surface area contributed by atoms with Crippen molar-refractivity contribution in [3.8, 4) is 17.0 Å². The maximum Gasteiger partial charge on any atom is 0.255 e. The Labute approximate surface area is 144 Å². The van der Waals surface area contributed by atoms with E-state index in [9.17, 15) is 9.18 Å². The molecule has 0 spiro atoms. The maximum absolute atomic E-state index is 14.0. The van der Waals surface area contributed by atoms with Crippen LogP contribution < -0.4 is 10.1 Å². The molecule has 128 valence electrons. The molecule has 2 aromatic carbocycles. The van der Waals surface area contributed by atoms with E-state index in [-0.39, 0.29) is 11.9 Å². The zero-order valence-corrected chi connectivity index (χ0v) is 13.9. The first-order valence-electron chi connectivity index (χ1n) is 7.83. The molecule has 0 saturated heterocycles. The van der Waals surface area contributed by atoms with Gasteiger partial charge in [-0.15, -0.1) is 0 Å². The van der Waals surface area contributed by atoms with Crippen LogP contribution in [-0.4, -0.2) is 23.2 Å². The SMILES string of the molecule is COc1cccc(C(C)NC(=O)c2cn[nH]c2-c2ccccc2F)c1. The summed E-state index contributed by atoms with van der Waals surface area (Å²) in [5.74, 6) is -0.0297. The highest BCUT2D eigenvalue weighted by molar-refractivity contribution is 6.00. The molecule has 6 heteroatoms. The molecule has 1 amide bonds. The van der Waals surface area contributed by atoms with Gasteiger partial charge in [0.05, 0.1) is 30.6 Å². The molecule has 0 aliphatic rings. The molecule has 1 heterocycles. The number of carbonyl (C=O) groups is 1. The lowest BCUT2D eigenvalue weighted by molar-refractivity contribution is 0.0940. The lowest BCUT2D eigenvalue weighted by Crippen LogP contribution is -2.26. The summed E-state index contributed by atoms with van der Waals surface area (Å²) in [5.41, 5.74) is 1.86. The number of nitrogens with zero attached hydrogens (tertiary/aromatic N) is 1. The number of aromatic nitrogens is 2. The van der Waals surface area contributed by atoms with Crippen LogP contribution >= 0.6 is 0 Å². The van der Waals surface area contributed by atoms with Crippen LogP contribution in [-0.2, 0) is 0 Å². The van der Waals surface area contributed by atoms with E-state index in [1.807, 2.05) is 31.2 Å². The highest BCUT2D eigenvalue weighted by Crippen LogP contribution is 2.25. The molecule has 3 aromatic rings. The molecule has 0 saturated carbocycles. The Balaban J connectivity index is 1.83. The normalized spacial score (nSPS) is 11.8. The highest BCUT2D eigenvalue weighted by atomic mass is 19.1. The molecular formula is C19H18FN3O2. The number of halogens is 1. The fourth-order valence-electron chi connectivity index (χ4n) is 2.60. The van der Waals surface area contributed by atoms with Gasteiger partial charge in [0.1, 0.15) is 11.6 Å². The number of nitrogens with one attached hydrogen (secondary N) is 2. The molecule has 0 fully saturated rings. The Bertz CT molecular complexity index is 892. The maximum atomic E-state index is 14.0. The number of rotatable bonds is 5. The zero-order valence-electron chi connectivity index (χ0n) is 13.9. The molecule has 1 aromatic heterocycles. The van der Waals surface area contributed by atoms with E-state index in [0.29, 0.717) is 22.6 Å². The molecule has 5 nitrogen and oxygen atoms in total. The van der Waals surface area contributed by atoms with Gasteiger partial charge in [0.15, 0.2) is 0 Å². The smallest absolute Gasteiger partial charge is 0.255 e. The van der Waals surface area contributed by atoms with Gasteiger partial charge in [-0.05, 0) is 36.8 Å². The van der Waals surface area contributed by atoms with Crippen LogP contribution in [0.2, 0.25) is 0 Å².